The molecule has 0 aromatic rings. The van der Waals surface area contributed by atoms with Gasteiger partial charge >= 0.3 is 0 Å². The minimum atomic E-state index is 0.254. The molecule has 0 aromatic heterocycles. The van der Waals surface area contributed by atoms with Crippen LogP contribution in [0, 0.1) is 5.92 Å². The van der Waals surface area contributed by atoms with E-state index in [2.05, 4.69) is 17.3 Å². The van der Waals surface area contributed by atoms with E-state index in [9.17, 15) is 4.79 Å². The molecule has 2 aliphatic heterocycles. The third kappa shape index (κ3) is 3.03. The van der Waals surface area contributed by atoms with Crippen LogP contribution in [0.4, 0.5) is 0 Å². The van der Waals surface area contributed by atoms with E-state index < -0.39 is 0 Å². The number of ketones is 1. The molecule has 4 heteroatoms. The summed E-state index contributed by atoms with van der Waals surface area (Å²) < 4.78 is 5.29. The van der Waals surface area contributed by atoms with Crippen molar-refractivity contribution in [3.8, 4) is 0 Å². The van der Waals surface area contributed by atoms with Crippen molar-refractivity contribution in [3.05, 3.63) is 0 Å². The van der Waals surface area contributed by atoms with Gasteiger partial charge in [0, 0.05) is 51.2 Å². The Kier molecular flexibility index (Phi) is 4.32. The summed E-state index contributed by atoms with van der Waals surface area (Å²) >= 11 is 0. The zero-order chi connectivity index (χ0) is 11.4. The van der Waals surface area contributed by atoms with E-state index in [1.807, 2.05) is 0 Å². The minimum Gasteiger partial charge on any atom is -0.381 e. The van der Waals surface area contributed by atoms with E-state index in [4.69, 9.17) is 4.74 Å². The number of piperazine rings is 1. The lowest BCUT2D eigenvalue weighted by molar-refractivity contribution is -0.127. The van der Waals surface area contributed by atoms with Gasteiger partial charge in [-0.15, -0.1) is 0 Å². The standard InChI is InChI=1S/C12H22N2O2/c1-14-5-4-13-9-11(14)8-12(15)10-2-6-16-7-3-10/h10-11,13H,2-9H2,1H3. The average Bonchev–Trinajstić information content (AvgIpc) is 2.33. The first-order chi connectivity index (χ1) is 7.77. The summed E-state index contributed by atoms with van der Waals surface area (Å²) in [6.45, 7) is 4.56. The fourth-order valence-corrected chi connectivity index (χ4v) is 2.51. The summed E-state index contributed by atoms with van der Waals surface area (Å²) in [4.78, 5) is 14.4. The summed E-state index contributed by atoms with van der Waals surface area (Å²) in [7, 11) is 2.11. The molecule has 1 unspecified atom stereocenters. The molecular formula is C12H22N2O2. The number of nitrogens with one attached hydrogen (secondary N) is 1. The molecule has 0 radical (unpaired) electrons. The van der Waals surface area contributed by atoms with Gasteiger partial charge in [0.1, 0.15) is 5.78 Å². The van der Waals surface area contributed by atoms with E-state index in [-0.39, 0.29) is 5.92 Å². The van der Waals surface area contributed by atoms with Crippen molar-refractivity contribution in [3.63, 3.8) is 0 Å². The van der Waals surface area contributed by atoms with Crippen LogP contribution in [0.1, 0.15) is 19.3 Å². The fourth-order valence-electron chi connectivity index (χ4n) is 2.51. The van der Waals surface area contributed by atoms with Crippen molar-refractivity contribution in [2.75, 3.05) is 39.9 Å². The Labute approximate surface area is 97.3 Å². The molecule has 0 aliphatic carbocycles. The molecule has 0 amide bonds. The van der Waals surface area contributed by atoms with Gasteiger partial charge in [-0.1, -0.05) is 0 Å². The van der Waals surface area contributed by atoms with E-state index in [1.54, 1.807) is 0 Å². The van der Waals surface area contributed by atoms with Crippen LogP contribution in [0.15, 0.2) is 0 Å². The van der Waals surface area contributed by atoms with E-state index in [0.29, 0.717) is 18.2 Å². The number of carbonyl (C=O) groups excluding carboxylic acids is 1. The van der Waals surface area contributed by atoms with Gasteiger partial charge in [0.05, 0.1) is 0 Å². The van der Waals surface area contributed by atoms with E-state index >= 15 is 0 Å². The Morgan fingerprint density at radius 3 is 2.88 bits per heavy atom. The number of hydrogen-bond donors (Lipinski definition) is 1. The molecule has 2 fully saturated rings. The quantitative estimate of drug-likeness (QED) is 0.750. The molecule has 0 saturated carbocycles. The van der Waals surface area contributed by atoms with Gasteiger partial charge < -0.3 is 15.0 Å². The maximum Gasteiger partial charge on any atom is 0.137 e. The summed E-state index contributed by atoms with van der Waals surface area (Å²) in [5.74, 6) is 0.688. The zero-order valence-electron chi connectivity index (χ0n) is 10.1. The number of carbonyl (C=O) groups is 1. The molecular weight excluding hydrogens is 204 g/mol. The molecule has 2 saturated heterocycles. The van der Waals surface area contributed by atoms with Crippen molar-refractivity contribution in [1.29, 1.82) is 0 Å². The molecule has 1 atom stereocenters. The van der Waals surface area contributed by atoms with Crippen molar-refractivity contribution < 1.29 is 9.53 Å². The predicted molar refractivity (Wildman–Crippen MR) is 62.5 cm³/mol. The monoisotopic (exact) mass is 226 g/mol. The maximum atomic E-state index is 12.1. The highest BCUT2D eigenvalue weighted by molar-refractivity contribution is 5.81. The highest BCUT2D eigenvalue weighted by atomic mass is 16.5. The van der Waals surface area contributed by atoms with Crippen LogP contribution >= 0.6 is 0 Å². The van der Waals surface area contributed by atoms with Crippen LogP contribution in [-0.4, -0.2) is 56.6 Å². The zero-order valence-corrected chi connectivity index (χ0v) is 10.1. The Morgan fingerprint density at radius 1 is 1.44 bits per heavy atom. The number of hydrogen-bond acceptors (Lipinski definition) is 4. The summed E-state index contributed by atoms with van der Waals surface area (Å²) in [5.41, 5.74) is 0. The fraction of sp³-hybridized carbons (Fsp3) is 0.917. The van der Waals surface area contributed by atoms with Crippen molar-refractivity contribution in [2.24, 2.45) is 5.92 Å². The third-order valence-electron chi connectivity index (χ3n) is 3.76. The lowest BCUT2D eigenvalue weighted by atomic mass is 9.91. The van der Waals surface area contributed by atoms with Crippen molar-refractivity contribution in [1.82, 2.24) is 10.2 Å². The third-order valence-corrected chi connectivity index (χ3v) is 3.76. The lowest BCUT2D eigenvalue weighted by Gasteiger charge is -2.33. The van der Waals surface area contributed by atoms with Gasteiger partial charge in [-0.2, -0.15) is 0 Å². The second kappa shape index (κ2) is 5.75. The smallest absolute Gasteiger partial charge is 0.137 e. The second-order valence-electron chi connectivity index (χ2n) is 4.90. The van der Waals surface area contributed by atoms with E-state index in [1.165, 1.54) is 0 Å². The number of likely N-dealkylation sites (N-methyl/N-ethyl adjacent to an activating group) is 1. The minimum absolute atomic E-state index is 0.254. The molecule has 92 valence electrons. The number of rotatable bonds is 3. The van der Waals surface area contributed by atoms with Crippen LogP contribution in [0.25, 0.3) is 0 Å². The Bertz CT molecular complexity index is 239. The predicted octanol–water partition coefficient (Wildman–Crippen LogP) is 0.276. The first-order valence-electron chi connectivity index (χ1n) is 6.29. The van der Waals surface area contributed by atoms with Crippen LogP contribution in [0.5, 0.6) is 0 Å². The van der Waals surface area contributed by atoms with Gasteiger partial charge in [-0.05, 0) is 19.9 Å². The molecule has 0 spiro atoms. The normalized spacial score (nSPS) is 29.2. The van der Waals surface area contributed by atoms with Gasteiger partial charge in [0.15, 0.2) is 0 Å². The van der Waals surface area contributed by atoms with Gasteiger partial charge in [-0.3, -0.25) is 4.79 Å². The molecule has 2 rings (SSSR count). The van der Waals surface area contributed by atoms with Crippen LogP contribution in [0.3, 0.4) is 0 Å². The van der Waals surface area contributed by atoms with Crippen LogP contribution in [0.2, 0.25) is 0 Å². The number of Topliss-reactive ketones (excluding diaryl/α,β-unsaturated/α-hetero) is 1. The first-order valence-corrected chi connectivity index (χ1v) is 6.29. The average molecular weight is 226 g/mol. The molecule has 0 aromatic carbocycles. The number of nitrogens with zero attached hydrogens (tertiary/aromatic N) is 1. The lowest BCUT2D eigenvalue weighted by Crippen LogP contribution is -2.50. The topological polar surface area (TPSA) is 41.6 Å². The largest absolute Gasteiger partial charge is 0.381 e. The second-order valence-corrected chi connectivity index (χ2v) is 4.90. The van der Waals surface area contributed by atoms with Crippen LogP contribution in [-0.2, 0) is 9.53 Å². The SMILES string of the molecule is CN1CCNCC1CC(=O)C1CCOCC1. The molecule has 16 heavy (non-hydrogen) atoms. The molecule has 2 heterocycles. The summed E-state index contributed by atoms with van der Waals surface area (Å²) in [5, 5.41) is 3.35. The molecule has 1 N–H and O–H groups in total. The first kappa shape index (κ1) is 12.0. The Balaban J connectivity index is 1.80. The van der Waals surface area contributed by atoms with Crippen LogP contribution < -0.4 is 5.32 Å². The van der Waals surface area contributed by atoms with Gasteiger partial charge in [0.25, 0.3) is 0 Å². The van der Waals surface area contributed by atoms with E-state index in [0.717, 1.165) is 45.7 Å². The molecule has 2 aliphatic rings. The summed E-state index contributed by atoms with van der Waals surface area (Å²) in [6, 6.07) is 0.393. The highest BCUT2D eigenvalue weighted by Gasteiger charge is 2.27. The Morgan fingerprint density at radius 2 is 2.19 bits per heavy atom. The summed E-state index contributed by atoms with van der Waals surface area (Å²) in [6.07, 6.45) is 2.54. The highest BCUT2D eigenvalue weighted by Crippen LogP contribution is 2.19. The molecule has 4 nitrogen and oxygen atoms in total. The van der Waals surface area contributed by atoms with Gasteiger partial charge in [0.2, 0.25) is 0 Å². The van der Waals surface area contributed by atoms with Gasteiger partial charge in [-0.25, -0.2) is 0 Å². The molecule has 0 bridgehead atoms. The Hall–Kier alpha value is -0.450. The van der Waals surface area contributed by atoms with Crippen molar-refractivity contribution in [2.45, 2.75) is 25.3 Å². The van der Waals surface area contributed by atoms with Crippen molar-refractivity contribution >= 4 is 5.78 Å². The maximum absolute atomic E-state index is 12.1. The number of ether oxygens (including phenoxy) is 1.